The van der Waals surface area contributed by atoms with E-state index in [-0.39, 0.29) is 26.5 Å². The Labute approximate surface area is 256 Å². The third-order valence-corrected chi connectivity index (χ3v) is 8.91. The zero-order valence-electron chi connectivity index (χ0n) is 22.5. The number of hydrogen-bond donors (Lipinski definition) is 0. The Kier molecular flexibility index (Phi) is 6.98. The van der Waals surface area contributed by atoms with Gasteiger partial charge in [-0.15, -0.1) is 47.4 Å². The van der Waals surface area contributed by atoms with Crippen LogP contribution in [-0.2, 0) is 26.5 Å². The molecule has 0 aliphatic carbocycles. The van der Waals surface area contributed by atoms with Crippen molar-refractivity contribution in [2.75, 3.05) is 11.9 Å². The molecule has 40 heavy (non-hydrogen) atoms. The van der Waals surface area contributed by atoms with Crippen molar-refractivity contribution in [3.05, 3.63) is 103 Å². The van der Waals surface area contributed by atoms with Crippen LogP contribution in [0.4, 0.5) is 5.69 Å². The van der Waals surface area contributed by atoms with Crippen LogP contribution < -0.4 is 9.64 Å². The van der Waals surface area contributed by atoms with Crippen LogP contribution in [0.1, 0.15) is 26.3 Å². The maximum atomic E-state index is 6.39. The van der Waals surface area contributed by atoms with Gasteiger partial charge in [-0.2, -0.15) is 29.5 Å². The summed E-state index contributed by atoms with van der Waals surface area (Å²) in [7, 11) is 2.00. The maximum absolute atomic E-state index is 6.39. The Morgan fingerprint density at radius 1 is 0.950 bits per heavy atom. The molecule has 0 saturated heterocycles. The van der Waals surface area contributed by atoms with Crippen molar-refractivity contribution in [1.82, 2.24) is 9.88 Å². The molecule has 0 bridgehead atoms. The monoisotopic (exact) mass is 739 g/mol. The van der Waals surface area contributed by atoms with Crippen LogP contribution in [-0.4, -0.2) is 16.9 Å². The molecule has 1 aliphatic heterocycles. The second-order valence-electron chi connectivity index (χ2n) is 10.8. The van der Waals surface area contributed by atoms with Gasteiger partial charge in [0.15, 0.2) is 0 Å². The third kappa shape index (κ3) is 4.83. The summed E-state index contributed by atoms with van der Waals surface area (Å²) in [5.74, 6) is 0.658. The molecule has 0 amide bonds. The number of thiophene rings is 2. The van der Waals surface area contributed by atoms with Crippen LogP contribution in [0.5, 0.6) is 10.8 Å². The number of ether oxygens (including phenoxy) is 1. The predicted molar refractivity (Wildman–Crippen MR) is 165 cm³/mol. The quantitative estimate of drug-likeness (QED) is 0.169. The molecule has 0 unspecified atom stereocenters. The number of anilines is 1. The predicted octanol–water partition coefficient (Wildman–Crippen LogP) is 9.36. The van der Waals surface area contributed by atoms with Crippen LogP contribution in [0.15, 0.2) is 78.6 Å². The molecule has 7 heteroatoms. The number of pyridine rings is 1. The summed E-state index contributed by atoms with van der Waals surface area (Å²) >= 11 is 3.39. The molecule has 0 spiro atoms. The summed E-state index contributed by atoms with van der Waals surface area (Å²) in [5, 5.41) is 7.61. The van der Waals surface area contributed by atoms with Crippen molar-refractivity contribution in [3.63, 3.8) is 0 Å². The molecule has 1 aliphatic rings. The van der Waals surface area contributed by atoms with E-state index in [1.807, 2.05) is 60.3 Å². The van der Waals surface area contributed by atoms with E-state index in [0.29, 0.717) is 10.8 Å². The van der Waals surface area contributed by atoms with Crippen LogP contribution in [0, 0.1) is 18.8 Å². The topological polar surface area (TPSA) is 28.6 Å². The minimum atomic E-state index is 0. The molecule has 4 heterocycles. The number of aromatic nitrogens is 1. The molecule has 7 rings (SSSR count). The number of fused-ring (bicyclic) bond motifs is 5. The minimum Gasteiger partial charge on any atom is -0.510 e. The van der Waals surface area contributed by atoms with Gasteiger partial charge in [0.05, 0.1) is 0 Å². The van der Waals surface area contributed by atoms with E-state index in [0.717, 1.165) is 27.0 Å². The fourth-order valence-electron chi connectivity index (χ4n) is 4.98. The van der Waals surface area contributed by atoms with Crippen LogP contribution >= 0.6 is 22.7 Å². The average molecular weight is 740 g/mol. The number of nitrogens with zero attached hydrogens (tertiary/aromatic N) is 3. The second-order valence-corrected chi connectivity index (χ2v) is 12.7. The summed E-state index contributed by atoms with van der Waals surface area (Å²) in [6, 6.07) is 26.2. The Morgan fingerprint density at radius 3 is 2.62 bits per heavy atom. The average Bonchev–Trinajstić information content (AvgIpc) is 3.67. The molecule has 0 N–H and O–H groups in total. The third-order valence-electron chi connectivity index (χ3n) is 7.03. The molecule has 4 nitrogen and oxygen atoms in total. The fourth-order valence-corrected chi connectivity index (χ4v) is 6.80. The standard InChI is InChI=1S/C33H26N3OS2.Pt/c1-33(2,3)21-10-12-34-29(16-21)27-18-26-24-11-15-38-30(24)9-8-25(26)32-28(27)19-31(39-32)37-23-7-5-6-22(17-23)36-14-13-35(4)20-36;/h5-16,18,20H,1-4H3;/q-3;. The first-order valence-electron chi connectivity index (χ1n) is 12.8. The first-order valence-corrected chi connectivity index (χ1v) is 14.5. The number of hydrogen-bond acceptors (Lipinski definition) is 6. The van der Waals surface area contributed by atoms with Crippen LogP contribution in [0.2, 0.25) is 0 Å². The van der Waals surface area contributed by atoms with Gasteiger partial charge in [0.1, 0.15) is 5.06 Å². The first kappa shape index (κ1) is 27.0. The molecule has 3 aromatic carbocycles. The van der Waals surface area contributed by atoms with Crippen molar-refractivity contribution in [1.29, 1.82) is 0 Å². The maximum Gasteiger partial charge on any atom is 0.107 e. The Balaban J connectivity index is 0.00000289. The molecular formula is C33H26N3OPtS2-3. The smallest absolute Gasteiger partial charge is 0.107 e. The van der Waals surface area contributed by atoms with E-state index in [2.05, 4.69) is 74.7 Å². The molecular weight excluding hydrogens is 714 g/mol. The van der Waals surface area contributed by atoms with Gasteiger partial charge < -0.3 is 14.5 Å². The molecule has 0 fully saturated rings. The van der Waals surface area contributed by atoms with Crippen molar-refractivity contribution >= 4 is 59.3 Å². The molecule has 204 valence electrons. The summed E-state index contributed by atoms with van der Waals surface area (Å²) < 4.78 is 8.83. The molecule has 0 radical (unpaired) electrons. The normalized spacial score (nSPS) is 13.5. The van der Waals surface area contributed by atoms with Gasteiger partial charge in [-0.1, -0.05) is 42.5 Å². The molecule has 0 atom stereocenters. The van der Waals surface area contributed by atoms with Gasteiger partial charge >= 0.3 is 0 Å². The first-order chi connectivity index (χ1) is 18.8. The zero-order valence-corrected chi connectivity index (χ0v) is 26.4. The second kappa shape index (κ2) is 10.3. The van der Waals surface area contributed by atoms with E-state index in [1.54, 1.807) is 22.7 Å². The Morgan fingerprint density at radius 2 is 1.82 bits per heavy atom. The Bertz CT molecular complexity index is 1900. The van der Waals surface area contributed by atoms with Gasteiger partial charge in [-0.05, 0) is 70.8 Å². The SMILES string of the molecule is CN1C=CN(c2[c-]c(Oc3[c-]c4c(-c5cc(C(C)(C)C)ccn5)cc5c6ccsc6ccc5c4s3)ccc2)[CH-]1.[Pt]. The van der Waals surface area contributed by atoms with E-state index >= 15 is 0 Å². The van der Waals surface area contributed by atoms with Gasteiger partial charge in [0.25, 0.3) is 0 Å². The van der Waals surface area contributed by atoms with Crippen molar-refractivity contribution in [3.8, 4) is 22.1 Å². The minimum absolute atomic E-state index is 0. The summed E-state index contributed by atoms with van der Waals surface area (Å²) in [6.07, 6.45) is 5.92. The summed E-state index contributed by atoms with van der Waals surface area (Å²) in [5.41, 5.74) is 4.23. The molecule has 3 aromatic heterocycles. The van der Waals surface area contributed by atoms with Crippen molar-refractivity contribution in [2.24, 2.45) is 0 Å². The number of benzene rings is 3. The van der Waals surface area contributed by atoms with E-state index in [1.165, 1.54) is 26.4 Å². The largest absolute Gasteiger partial charge is 0.510 e. The van der Waals surface area contributed by atoms with E-state index < -0.39 is 0 Å². The van der Waals surface area contributed by atoms with E-state index in [9.17, 15) is 0 Å². The zero-order chi connectivity index (χ0) is 26.7. The molecule has 0 saturated carbocycles. The van der Waals surface area contributed by atoms with Gasteiger partial charge in [0.2, 0.25) is 0 Å². The van der Waals surface area contributed by atoms with Crippen molar-refractivity contribution < 1.29 is 25.8 Å². The fraction of sp³-hybridized carbons (Fsp3) is 0.152. The van der Waals surface area contributed by atoms with Gasteiger partial charge in [-0.3, -0.25) is 4.98 Å². The summed E-state index contributed by atoms with van der Waals surface area (Å²) in [6.45, 7) is 8.71. The van der Waals surface area contributed by atoms with Crippen molar-refractivity contribution in [2.45, 2.75) is 26.2 Å². The van der Waals surface area contributed by atoms with Crippen LogP contribution in [0.25, 0.3) is 42.2 Å². The van der Waals surface area contributed by atoms with E-state index in [4.69, 9.17) is 9.72 Å². The molecule has 6 aromatic rings. The summed E-state index contributed by atoms with van der Waals surface area (Å²) in [4.78, 5) is 8.85. The van der Waals surface area contributed by atoms with Crippen LogP contribution in [0.3, 0.4) is 0 Å². The van der Waals surface area contributed by atoms with Gasteiger partial charge in [0, 0.05) is 43.4 Å². The van der Waals surface area contributed by atoms with Gasteiger partial charge in [-0.25, -0.2) is 0 Å². The number of rotatable bonds is 4. The Hall–Kier alpha value is -3.18.